The predicted octanol–water partition coefficient (Wildman–Crippen LogP) is 2.77. The van der Waals surface area contributed by atoms with E-state index in [9.17, 15) is 9.18 Å². The van der Waals surface area contributed by atoms with Crippen molar-refractivity contribution in [1.29, 1.82) is 0 Å². The van der Waals surface area contributed by atoms with Gasteiger partial charge >= 0.3 is 0 Å². The maximum Gasteiger partial charge on any atom is 0.217 e. The third-order valence-corrected chi connectivity index (χ3v) is 4.23. The number of aromatic nitrogens is 1. The van der Waals surface area contributed by atoms with Crippen LogP contribution < -0.4 is 10.6 Å². The molecule has 0 aliphatic carbocycles. The highest BCUT2D eigenvalue weighted by Gasteiger charge is 2.23. The third kappa shape index (κ3) is 3.03. The largest absolute Gasteiger partial charge is 0.371 e. The highest BCUT2D eigenvalue weighted by atomic mass is 19.1. The maximum absolute atomic E-state index is 13.6. The molecule has 1 aliphatic rings. The van der Waals surface area contributed by atoms with Gasteiger partial charge in [-0.05, 0) is 49.9 Å². The molecule has 1 unspecified atom stereocenters. The molecular weight excluding hydrogens is 281 g/mol. The third-order valence-electron chi connectivity index (χ3n) is 4.23. The minimum atomic E-state index is -0.259. The fourth-order valence-corrected chi connectivity index (χ4v) is 3.31. The van der Waals surface area contributed by atoms with Gasteiger partial charge in [-0.15, -0.1) is 0 Å². The topological polar surface area (TPSA) is 59.2 Å². The zero-order valence-corrected chi connectivity index (χ0v) is 12.7. The van der Waals surface area contributed by atoms with E-state index < -0.39 is 0 Å². The average Bonchev–Trinajstić information content (AvgIpc) is 2.46. The summed E-state index contributed by atoms with van der Waals surface area (Å²) in [6, 6.07) is 6.68. The van der Waals surface area contributed by atoms with Gasteiger partial charge in [-0.1, -0.05) is 0 Å². The van der Waals surface area contributed by atoms with E-state index >= 15 is 0 Å². The second-order valence-electron chi connectivity index (χ2n) is 6.07. The van der Waals surface area contributed by atoms with Gasteiger partial charge in [-0.25, -0.2) is 4.39 Å². The molecule has 5 heteroatoms. The Hall–Kier alpha value is -2.17. The van der Waals surface area contributed by atoms with E-state index in [1.165, 1.54) is 12.1 Å². The van der Waals surface area contributed by atoms with Crippen LogP contribution in [0.4, 0.5) is 10.1 Å². The number of amides is 1. The monoisotopic (exact) mass is 301 g/mol. The molecule has 1 fully saturated rings. The zero-order valence-electron chi connectivity index (χ0n) is 12.7. The number of nitrogens with two attached hydrogens (primary N) is 1. The molecule has 1 aliphatic heterocycles. The molecule has 2 heterocycles. The summed E-state index contributed by atoms with van der Waals surface area (Å²) in [5, 5.41) is 0.824. The SMILES string of the molecule is Cc1cc(N2CCCC(CC(N)=O)C2)c2cc(F)ccc2n1. The first kappa shape index (κ1) is 14.8. The molecule has 116 valence electrons. The fraction of sp³-hybridized carbons (Fsp3) is 0.412. The summed E-state index contributed by atoms with van der Waals surface area (Å²) in [5.41, 5.74) is 8.03. The van der Waals surface area contributed by atoms with Crippen LogP contribution in [0, 0.1) is 18.7 Å². The highest BCUT2D eigenvalue weighted by molar-refractivity contribution is 5.92. The number of nitrogens with zero attached hydrogens (tertiary/aromatic N) is 2. The van der Waals surface area contributed by atoms with Crippen LogP contribution in [0.3, 0.4) is 0 Å². The van der Waals surface area contributed by atoms with Gasteiger partial charge in [0, 0.05) is 36.3 Å². The van der Waals surface area contributed by atoms with Gasteiger partial charge in [-0.3, -0.25) is 9.78 Å². The lowest BCUT2D eigenvalue weighted by molar-refractivity contribution is -0.118. The Morgan fingerprint density at radius 1 is 1.45 bits per heavy atom. The summed E-state index contributed by atoms with van der Waals surface area (Å²) < 4.78 is 13.6. The molecule has 0 saturated carbocycles. The lowest BCUT2D eigenvalue weighted by Crippen LogP contribution is -2.37. The van der Waals surface area contributed by atoms with Gasteiger partial charge in [0.05, 0.1) is 5.52 Å². The molecule has 0 radical (unpaired) electrons. The second kappa shape index (κ2) is 5.91. The van der Waals surface area contributed by atoms with Crippen LogP contribution in [-0.2, 0) is 4.79 Å². The van der Waals surface area contributed by atoms with Gasteiger partial charge in [-0.2, -0.15) is 0 Å². The molecule has 2 aromatic rings. The van der Waals surface area contributed by atoms with Crippen LogP contribution in [0.5, 0.6) is 0 Å². The quantitative estimate of drug-likeness (QED) is 0.948. The smallest absolute Gasteiger partial charge is 0.217 e. The fourth-order valence-electron chi connectivity index (χ4n) is 3.31. The molecule has 22 heavy (non-hydrogen) atoms. The summed E-state index contributed by atoms with van der Waals surface area (Å²) in [6.45, 7) is 3.62. The number of anilines is 1. The standard InChI is InChI=1S/C17H20FN3O/c1-11-7-16(14-9-13(18)4-5-15(14)20-11)21-6-2-3-12(10-21)8-17(19)22/h4-5,7,9,12H,2-3,6,8,10H2,1H3,(H2,19,22). The number of aryl methyl sites for hydroxylation is 1. The van der Waals surface area contributed by atoms with E-state index in [2.05, 4.69) is 9.88 Å². The van der Waals surface area contributed by atoms with Crippen molar-refractivity contribution < 1.29 is 9.18 Å². The summed E-state index contributed by atoms with van der Waals surface area (Å²) in [4.78, 5) is 17.9. The number of hydrogen-bond acceptors (Lipinski definition) is 3. The Bertz CT molecular complexity index is 716. The number of piperidine rings is 1. The van der Waals surface area contributed by atoms with Crippen LogP contribution in [0.25, 0.3) is 10.9 Å². The van der Waals surface area contributed by atoms with Crippen molar-refractivity contribution in [3.63, 3.8) is 0 Å². The Morgan fingerprint density at radius 3 is 3.05 bits per heavy atom. The Balaban J connectivity index is 1.98. The lowest BCUT2D eigenvalue weighted by atomic mass is 9.93. The van der Waals surface area contributed by atoms with E-state index in [1.807, 2.05) is 13.0 Å². The van der Waals surface area contributed by atoms with Crippen molar-refractivity contribution in [2.24, 2.45) is 11.7 Å². The first-order valence-electron chi connectivity index (χ1n) is 7.63. The van der Waals surface area contributed by atoms with Crippen LogP contribution in [0.2, 0.25) is 0 Å². The minimum Gasteiger partial charge on any atom is -0.371 e. The predicted molar refractivity (Wildman–Crippen MR) is 85.2 cm³/mol. The van der Waals surface area contributed by atoms with Gasteiger partial charge in [0.15, 0.2) is 0 Å². The molecule has 1 aromatic carbocycles. The summed E-state index contributed by atoms with van der Waals surface area (Å²) in [7, 11) is 0. The van der Waals surface area contributed by atoms with Crippen LogP contribution in [0.1, 0.15) is 25.0 Å². The first-order valence-corrected chi connectivity index (χ1v) is 7.63. The van der Waals surface area contributed by atoms with Crippen LogP contribution in [-0.4, -0.2) is 24.0 Å². The van der Waals surface area contributed by atoms with Crippen LogP contribution in [0.15, 0.2) is 24.3 Å². The van der Waals surface area contributed by atoms with Crippen molar-refractivity contribution in [3.8, 4) is 0 Å². The summed E-state index contributed by atoms with van der Waals surface area (Å²) in [6.07, 6.45) is 2.43. The summed E-state index contributed by atoms with van der Waals surface area (Å²) >= 11 is 0. The van der Waals surface area contributed by atoms with Crippen molar-refractivity contribution in [3.05, 3.63) is 35.8 Å². The summed E-state index contributed by atoms with van der Waals surface area (Å²) in [5.74, 6) is -0.248. The van der Waals surface area contributed by atoms with E-state index in [0.717, 1.165) is 48.2 Å². The number of halogens is 1. The molecule has 1 saturated heterocycles. The Morgan fingerprint density at radius 2 is 2.27 bits per heavy atom. The number of hydrogen-bond donors (Lipinski definition) is 1. The average molecular weight is 301 g/mol. The number of carbonyl (C=O) groups excluding carboxylic acids is 1. The Labute approximate surface area is 129 Å². The maximum atomic E-state index is 13.6. The normalized spacial score (nSPS) is 18.6. The molecule has 1 aromatic heterocycles. The molecule has 1 amide bonds. The van der Waals surface area contributed by atoms with Gasteiger partial charge in [0.2, 0.25) is 5.91 Å². The number of fused-ring (bicyclic) bond motifs is 1. The van der Waals surface area contributed by atoms with Gasteiger partial charge in [0.25, 0.3) is 0 Å². The van der Waals surface area contributed by atoms with E-state index in [4.69, 9.17) is 5.73 Å². The highest BCUT2D eigenvalue weighted by Crippen LogP contribution is 2.31. The molecule has 0 spiro atoms. The molecule has 4 nitrogen and oxygen atoms in total. The number of pyridine rings is 1. The van der Waals surface area contributed by atoms with Crippen molar-refractivity contribution >= 4 is 22.5 Å². The van der Waals surface area contributed by atoms with Gasteiger partial charge < -0.3 is 10.6 Å². The van der Waals surface area contributed by atoms with Crippen LogP contribution >= 0.6 is 0 Å². The first-order chi connectivity index (χ1) is 10.5. The molecule has 1 atom stereocenters. The van der Waals surface area contributed by atoms with E-state index in [-0.39, 0.29) is 17.6 Å². The van der Waals surface area contributed by atoms with Crippen molar-refractivity contribution in [1.82, 2.24) is 4.98 Å². The lowest BCUT2D eigenvalue weighted by Gasteiger charge is -2.34. The zero-order chi connectivity index (χ0) is 15.7. The molecule has 2 N–H and O–H groups in total. The van der Waals surface area contributed by atoms with E-state index in [0.29, 0.717) is 6.42 Å². The Kier molecular flexibility index (Phi) is 3.96. The number of benzene rings is 1. The van der Waals surface area contributed by atoms with Crippen molar-refractivity contribution in [2.45, 2.75) is 26.2 Å². The van der Waals surface area contributed by atoms with Gasteiger partial charge in [0.1, 0.15) is 5.82 Å². The molecular formula is C17H20FN3O. The van der Waals surface area contributed by atoms with E-state index in [1.54, 1.807) is 6.07 Å². The molecule has 0 bridgehead atoms. The van der Waals surface area contributed by atoms with Crippen molar-refractivity contribution in [2.75, 3.05) is 18.0 Å². The number of primary amides is 1. The number of carbonyl (C=O) groups is 1. The minimum absolute atomic E-state index is 0.256. The number of rotatable bonds is 3. The molecule has 3 rings (SSSR count). The second-order valence-corrected chi connectivity index (χ2v) is 6.07.